The van der Waals surface area contributed by atoms with Crippen molar-refractivity contribution >= 4 is 21.8 Å². The number of halogens is 1. The molecule has 5 aliphatic rings. The van der Waals surface area contributed by atoms with Crippen molar-refractivity contribution in [3.8, 4) is 0 Å². The predicted molar refractivity (Wildman–Crippen MR) is 120 cm³/mol. The molecule has 2 atom stereocenters. The number of sulfonamides is 1. The average Bonchev–Trinajstić information content (AvgIpc) is 2.73. The van der Waals surface area contributed by atoms with E-state index in [1.54, 1.807) is 0 Å². The molecule has 4 bridgehead atoms. The summed E-state index contributed by atoms with van der Waals surface area (Å²) in [4.78, 5) is 25.8. The zero-order chi connectivity index (χ0) is 23.5. The molecule has 0 radical (unpaired) electrons. The lowest BCUT2D eigenvalue weighted by Crippen LogP contribution is -2.69. The maximum absolute atomic E-state index is 14.3. The molecule has 0 aromatic heterocycles. The summed E-state index contributed by atoms with van der Waals surface area (Å²) in [6, 6.07) is 5.20. The van der Waals surface area contributed by atoms with Crippen molar-refractivity contribution in [2.24, 2.45) is 23.0 Å². The second kappa shape index (κ2) is 7.77. The van der Waals surface area contributed by atoms with E-state index in [1.165, 1.54) is 18.2 Å². The summed E-state index contributed by atoms with van der Waals surface area (Å²) in [6.07, 6.45) is 7.75. The van der Waals surface area contributed by atoms with Crippen LogP contribution in [0.25, 0.3) is 0 Å². The zero-order valence-corrected chi connectivity index (χ0v) is 19.6. The first-order chi connectivity index (χ1) is 15.6. The number of hydrogen-bond acceptors (Lipinski definition) is 4. The Kier molecular flexibility index (Phi) is 5.36. The summed E-state index contributed by atoms with van der Waals surface area (Å²) in [5.74, 6) is -0.805. The summed E-state index contributed by atoms with van der Waals surface area (Å²) in [5.41, 5.74) is 3.39. The van der Waals surface area contributed by atoms with Gasteiger partial charge in [0.25, 0.3) is 0 Å². The fourth-order valence-corrected chi connectivity index (χ4v) is 9.07. The van der Waals surface area contributed by atoms with Crippen LogP contribution in [0.1, 0.15) is 70.6 Å². The quantitative estimate of drug-likeness (QED) is 0.584. The molecule has 0 saturated heterocycles. The molecule has 5 saturated carbocycles. The Morgan fingerprint density at radius 3 is 2.24 bits per heavy atom. The fourth-order valence-electron chi connectivity index (χ4n) is 7.56. The second-order valence-electron chi connectivity index (χ2n) is 11.0. The number of amides is 2. The lowest BCUT2D eigenvalue weighted by atomic mass is 9.46. The average molecular weight is 478 g/mol. The van der Waals surface area contributed by atoms with Crippen LogP contribution in [0, 0.1) is 23.1 Å². The number of primary amides is 1. The molecule has 2 unspecified atom stereocenters. The van der Waals surface area contributed by atoms with Gasteiger partial charge in [0.05, 0.1) is 5.41 Å². The summed E-state index contributed by atoms with van der Waals surface area (Å²) in [7, 11) is -4.25. The van der Waals surface area contributed by atoms with E-state index in [0.29, 0.717) is 43.9 Å². The SMILES string of the molecule is NC(=O)C12CC3CC(CC(NC(=O)C4(NS(=O)(=O)c5ccccc5F)CCCCC4)(C3)C1)C2. The molecule has 4 N–H and O–H groups in total. The van der Waals surface area contributed by atoms with Crippen molar-refractivity contribution in [3.63, 3.8) is 0 Å². The third-order valence-electron chi connectivity index (χ3n) is 8.56. The zero-order valence-electron chi connectivity index (χ0n) is 18.7. The second-order valence-corrected chi connectivity index (χ2v) is 12.7. The van der Waals surface area contributed by atoms with Gasteiger partial charge in [-0.3, -0.25) is 9.59 Å². The molecule has 6 rings (SSSR count). The highest BCUT2D eigenvalue weighted by Crippen LogP contribution is 2.61. The van der Waals surface area contributed by atoms with Crippen molar-refractivity contribution in [2.45, 2.75) is 86.6 Å². The first-order valence-corrected chi connectivity index (χ1v) is 13.5. The predicted octanol–water partition coefficient (Wildman–Crippen LogP) is 2.75. The van der Waals surface area contributed by atoms with Gasteiger partial charge < -0.3 is 11.1 Å². The van der Waals surface area contributed by atoms with Gasteiger partial charge in [-0.1, -0.05) is 31.4 Å². The maximum atomic E-state index is 14.3. The Hall–Kier alpha value is -2.00. The van der Waals surface area contributed by atoms with Gasteiger partial charge in [-0.2, -0.15) is 4.72 Å². The normalized spacial score (nSPS) is 34.7. The van der Waals surface area contributed by atoms with Crippen molar-refractivity contribution < 1.29 is 22.4 Å². The number of benzene rings is 1. The van der Waals surface area contributed by atoms with E-state index < -0.39 is 37.2 Å². The van der Waals surface area contributed by atoms with Crippen molar-refractivity contribution in [2.75, 3.05) is 0 Å². The molecule has 7 nitrogen and oxygen atoms in total. The number of nitrogens with one attached hydrogen (secondary N) is 2. The van der Waals surface area contributed by atoms with Gasteiger partial charge >= 0.3 is 0 Å². The lowest BCUT2D eigenvalue weighted by molar-refractivity contribution is -0.152. The van der Waals surface area contributed by atoms with Gasteiger partial charge in [0, 0.05) is 5.54 Å². The molecule has 1 aromatic rings. The van der Waals surface area contributed by atoms with Gasteiger partial charge in [-0.25, -0.2) is 12.8 Å². The Morgan fingerprint density at radius 1 is 1.00 bits per heavy atom. The summed E-state index contributed by atoms with van der Waals surface area (Å²) in [6.45, 7) is 0. The Morgan fingerprint density at radius 2 is 1.64 bits per heavy atom. The van der Waals surface area contributed by atoms with E-state index in [2.05, 4.69) is 10.0 Å². The van der Waals surface area contributed by atoms with Gasteiger partial charge in [0.15, 0.2) is 0 Å². The van der Waals surface area contributed by atoms with Crippen molar-refractivity contribution in [1.29, 1.82) is 0 Å². The monoisotopic (exact) mass is 477 g/mol. The number of nitrogens with two attached hydrogens (primary N) is 1. The highest BCUT2D eigenvalue weighted by Gasteiger charge is 2.61. The van der Waals surface area contributed by atoms with Crippen molar-refractivity contribution in [3.05, 3.63) is 30.1 Å². The van der Waals surface area contributed by atoms with Crippen molar-refractivity contribution in [1.82, 2.24) is 10.0 Å². The van der Waals surface area contributed by atoms with Gasteiger partial charge in [0.1, 0.15) is 16.3 Å². The molecule has 0 spiro atoms. The molecule has 0 aliphatic heterocycles. The molecule has 180 valence electrons. The van der Waals surface area contributed by atoms with E-state index in [1.807, 2.05) is 0 Å². The number of carbonyl (C=O) groups is 2. The molecule has 2 amide bonds. The lowest BCUT2D eigenvalue weighted by Gasteiger charge is -2.61. The summed E-state index contributed by atoms with van der Waals surface area (Å²) < 4.78 is 43.2. The van der Waals surface area contributed by atoms with Crippen LogP contribution in [-0.2, 0) is 19.6 Å². The summed E-state index contributed by atoms with van der Waals surface area (Å²) in [5, 5.41) is 3.24. The minimum absolute atomic E-state index is 0.289. The Labute approximate surface area is 194 Å². The topological polar surface area (TPSA) is 118 Å². The van der Waals surface area contributed by atoms with Crippen LogP contribution in [0.2, 0.25) is 0 Å². The van der Waals surface area contributed by atoms with Gasteiger partial charge in [0.2, 0.25) is 21.8 Å². The van der Waals surface area contributed by atoms with Crippen LogP contribution >= 0.6 is 0 Å². The molecule has 1 aromatic carbocycles. The molecule has 33 heavy (non-hydrogen) atoms. The van der Waals surface area contributed by atoms with E-state index in [9.17, 15) is 22.4 Å². The minimum Gasteiger partial charge on any atom is -0.369 e. The third-order valence-corrected chi connectivity index (χ3v) is 10.1. The standard InChI is InChI=1S/C24H32FN3O4S/c25-18-6-2-3-7-19(18)33(31,32)28-24(8-4-1-5-9-24)21(30)27-23-13-16-10-17(14-23)12-22(11-16,15-23)20(26)29/h2-3,6-7,16-17,28H,1,4-5,8-15H2,(H2,26,29)(H,27,30). The summed E-state index contributed by atoms with van der Waals surface area (Å²) >= 11 is 0. The fraction of sp³-hybridized carbons (Fsp3) is 0.667. The molecule has 0 heterocycles. The Balaban J connectivity index is 1.44. The highest BCUT2D eigenvalue weighted by atomic mass is 32.2. The molecule has 5 aliphatic carbocycles. The van der Waals surface area contributed by atoms with Crippen LogP contribution in [0.15, 0.2) is 29.2 Å². The smallest absolute Gasteiger partial charge is 0.244 e. The Bertz CT molecular complexity index is 1070. The number of rotatable bonds is 6. The van der Waals surface area contributed by atoms with Gasteiger partial charge in [-0.05, 0) is 75.3 Å². The molecule has 5 fully saturated rings. The maximum Gasteiger partial charge on any atom is 0.244 e. The van der Waals surface area contributed by atoms with E-state index in [0.717, 1.165) is 44.6 Å². The largest absolute Gasteiger partial charge is 0.369 e. The van der Waals surface area contributed by atoms with Crippen LogP contribution in [-0.4, -0.2) is 31.3 Å². The van der Waals surface area contributed by atoms with Crippen LogP contribution in [0.4, 0.5) is 4.39 Å². The van der Waals surface area contributed by atoms with E-state index in [4.69, 9.17) is 5.73 Å². The third kappa shape index (κ3) is 3.87. The van der Waals surface area contributed by atoms with Gasteiger partial charge in [-0.15, -0.1) is 0 Å². The van der Waals surface area contributed by atoms with Crippen LogP contribution < -0.4 is 15.8 Å². The van der Waals surface area contributed by atoms with Crippen LogP contribution in [0.5, 0.6) is 0 Å². The van der Waals surface area contributed by atoms with E-state index in [-0.39, 0.29) is 11.8 Å². The molecular weight excluding hydrogens is 445 g/mol. The highest BCUT2D eigenvalue weighted by molar-refractivity contribution is 7.89. The van der Waals surface area contributed by atoms with Crippen LogP contribution in [0.3, 0.4) is 0 Å². The first kappa shape index (κ1) is 22.8. The number of carbonyl (C=O) groups excluding carboxylic acids is 2. The molecule has 9 heteroatoms. The minimum atomic E-state index is -4.25. The van der Waals surface area contributed by atoms with E-state index >= 15 is 0 Å². The first-order valence-electron chi connectivity index (χ1n) is 12.0. The number of hydrogen-bond donors (Lipinski definition) is 3. The molecular formula is C24H32FN3O4S.